The SMILES string of the molecule is CC(C)N1C(N)=NCC12CCNCC2. The maximum atomic E-state index is 5.94. The Bertz CT molecular complexity index is 241. The molecule has 80 valence electrons. The summed E-state index contributed by atoms with van der Waals surface area (Å²) in [4.78, 5) is 6.72. The Hall–Kier alpha value is -0.770. The first kappa shape index (κ1) is 9.77. The minimum Gasteiger partial charge on any atom is -0.370 e. The summed E-state index contributed by atoms with van der Waals surface area (Å²) in [6.07, 6.45) is 2.32. The largest absolute Gasteiger partial charge is 0.370 e. The molecule has 0 bridgehead atoms. The van der Waals surface area contributed by atoms with Crippen molar-refractivity contribution in [3.05, 3.63) is 0 Å². The minimum absolute atomic E-state index is 0.226. The van der Waals surface area contributed by atoms with Crippen molar-refractivity contribution in [3.8, 4) is 0 Å². The summed E-state index contributed by atoms with van der Waals surface area (Å²) in [7, 11) is 0. The molecule has 1 saturated heterocycles. The van der Waals surface area contributed by atoms with Crippen LogP contribution in [0.3, 0.4) is 0 Å². The number of nitrogens with one attached hydrogen (secondary N) is 1. The maximum Gasteiger partial charge on any atom is 0.192 e. The standard InChI is InChI=1S/C10H20N4/c1-8(2)14-9(11)13-7-10(14)3-5-12-6-4-10/h8,12H,3-7H2,1-2H3,(H2,11,13). The summed E-state index contributed by atoms with van der Waals surface area (Å²) in [6, 6.07) is 0.458. The zero-order valence-corrected chi connectivity index (χ0v) is 9.08. The van der Waals surface area contributed by atoms with E-state index < -0.39 is 0 Å². The molecule has 0 saturated carbocycles. The van der Waals surface area contributed by atoms with E-state index in [9.17, 15) is 0 Å². The molecule has 0 atom stereocenters. The van der Waals surface area contributed by atoms with Gasteiger partial charge >= 0.3 is 0 Å². The molecule has 2 heterocycles. The predicted octanol–water partition coefficient (Wildman–Crippen LogP) is 0.147. The Morgan fingerprint density at radius 2 is 2.07 bits per heavy atom. The Kier molecular flexibility index (Phi) is 2.39. The van der Waals surface area contributed by atoms with Gasteiger partial charge in [0.05, 0.1) is 12.1 Å². The molecule has 0 unspecified atom stereocenters. The van der Waals surface area contributed by atoms with Gasteiger partial charge in [-0.1, -0.05) is 0 Å². The molecule has 0 aromatic carbocycles. The van der Waals surface area contributed by atoms with Crippen LogP contribution in [-0.2, 0) is 0 Å². The Balaban J connectivity index is 2.19. The van der Waals surface area contributed by atoms with Crippen LogP contribution in [0.15, 0.2) is 4.99 Å². The topological polar surface area (TPSA) is 53.6 Å². The van der Waals surface area contributed by atoms with E-state index in [1.807, 2.05) is 0 Å². The third-order valence-electron chi connectivity index (χ3n) is 3.34. The van der Waals surface area contributed by atoms with Crippen molar-refractivity contribution in [2.75, 3.05) is 19.6 Å². The predicted molar refractivity (Wildman–Crippen MR) is 58.3 cm³/mol. The van der Waals surface area contributed by atoms with Crippen LogP contribution in [0.5, 0.6) is 0 Å². The number of hydrogen-bond donors (Lipinski definition) is 2. The van der Waals surface area contributed by atoms with Crippen molar-refractivity contribution in [1.29, 1.82) is 0 Å². The third kappa shape index (κ3) is 1.38. The van der Waals surface area contributed by atoms with Gasteiger partial charge in [0.1, 0.15) is 0 Å². The molecule has 4 nitrogen and oxygen atoms in total. The van der Waals surface area contributed by atoms with Gasteiger partial charge in [-0.25, -0.2) is 0 Å². The normalized spacial score (nSPS) is 25.9. The van der Waals surface area contributed by atoms with Crippen LogP contribution in [0.2, 0.25) is 0 Å². The third-order valence-corrected chi connectivity index (χ3v) is 3.34. The first-order valence-corrected chi connectivity index (χ1v) is 5.46. The van der Waals surface area contributed by atoms with Crippen molar-refractivity contribution in [2.24, 2.45) is 10.7 Å². The zero-order chi connectivity index (χ0) is 10.2. The van der Waals surface area contributed by atoms with Gasteiger partial charge in [0, 0.05) is 6.04 Å². The lowest BCUT2D eigenvalue weighted by molar-refractivity contribution is 0.123. The summed E-state index contributed by atoms with van der Waals surface area (Å²) < 4.78 is 0. The molecule has 2 aliphatic heterocycles. The van der Waals surface area contributed by atoms with E-state index in [1.165, 1.54) is 0 Å². The molecule has 0 amide bonds. The van der Waals surface area contributed by atoms with E-state index in [4.69, 9.17) is 5.73 Å². The van der Waals surface area contributed by atoms with Gasteiger partial charge in [-0.3, -0.25) is 4.99 Å². The van der Waals surface area contributed by atoms with Gasteiger partial charge in [-0.2, -0.15) is 0 Å². The number of piperidine rings is 1. The van der Waals surface area contributed by atoms with Crippen molar-refractivity contribution in [2.45, 2.75) is 38.3 Å². The smallest absolute Gasteiger partial charge is 0.192 e. The fourth-order valence-electron chi connectivity index (χ4n) is 2.73. The molecule has 1 spiro atoms. The zero-order valence-electron chi connectivity index (χ0n) is 9.08. The Morgan fingerprint density at radius 3 is 2.64 bits per heavy atom. The second-order valence-corrected chi connectivity index (χ2v) is 4.61. The fraction of sp³-hybridized carbons (Fsp3) is 0.900. The average molecular weight is 196 g/mol. The van der Waals surface area contributed by atoms with Crippen LogP contribution in [0, 0.1) is 0 Å². The van der Waals surface area contributed by atoms with Crippen LogP contribution < -0.4 is 11.1 Å². The summed E-state index contributed by atoms with van der Waals surface area (Å²) in [5, 5.41) is 3.39. The van der Waals surface area contributed by atoms with E-state index in [-0.39, 0.29) is 5.54 Å². The first-order valence-electron chi connectivity index (χ1n) is 5.46. The van der Waals surface area contributed by atoms with Crippen LogP contribution in [0.4, 0.5) is 0 Å². The highest BCUT2D eigenvalue weighted by Crippen LogP contribution is 2.32. The van der Waals surface area contributed by atoms with Crippen molar-refractivity contribution in [1.82, 2.24) is 10.2 Å². The van der Waals surface area contributed by atoms with E-state index >= 15 is 0 Å². The Morgan fingerprint density at radius 1 is 1.43 bits per heavy atom. The molecule has 0 aliphatic carbocycles. The number of hydrogen-bond acceptors (Lipinski definition) is 4. The molecule has 0 radical (unpaired) electrons. The Labute approximate surface area is 85.6 Å². The lowest BCUT2D eigenvalue weighted by atomic mass is 9.86. The average Bonchev–Trinajstić information content (AvgIpc) is 2.45. The number of guanidine groups is 1. The molecule has 3 N–H and O–H groups in total. The molecule has 0 aromatic rings. The van der Waals surface area contributed by atoms with Gasteiger partial charge in [-0.15, -0.1) is 0 Å². The van der Waals surface area contributed by atoms with Crippen molar-refractivity contribution >= 4 is 5.96 Å². The molecule has 0 aromatic heterocycles. The summed E-state index contributed by atoms with van der Waals surface area (Å²) in [6.45, 7) is 7.45. The second-order valence-electron chi connectivity index (χ2n) is 4.61. The van der Waals surface area contributed by atoms with Gasteiger partial charge in [0.2, 0.25) is 0 Å². The lowest BCUT2D eigenvalue weighted by Gasteiger charge is -2.44. The van der Waals surface area contributed by atoms with E-state index in [0.717, 1.165) is 38.4 Å². The molecular weight excluding hydrogens is 176 g/mol. The summed E-state index contributed by atoms with van der Waals surface area (Å²) in [5.41, 5.74) is 6.17. The number of nitrogens with zero attached hydrogens (tertiary/aromatic N) is 2. The molecule has 4 heteroatoms. The highest BCUT2D eigenvalue weighted by atomic mass is 15.4. The first-order chi connectivity index (χ1) is 6.66. The number of aliphatic imine (C=N–C) groups is 1. The van der Waals surface area contributed by atoms with Crippen LogP contribution in [-0.4, -0.2) is 42.1 Å². The van der Waals surface area contributed by atoms with E-state index in [0.29, 0.717) is 6.04 Å². The van der Waals surface area contributed by atoms with Crippen molar-refractivity contribution < 1.29 is 0 Å². The van der Waals surface area contributed by atoms with Crippen LogP contribution in [0.25, 0.3) is 0 Å². The number of rotatable bonds is 1. The monoisotopic (exact) mass is 196 g/mol. The van der Waals surface area contributed by atoms with Crippen LogP contribution >= 0.6 is 0 Å². The van der Waals surface area contributed by atoms with Gasteiger partial charge < -0.3 is 16.0 Å². The molecule has 2 aliphatic rings. The van der Waals surface area contributed by atoms with Crippen LogP contribution in [0.1, 0.15) is 26.7 Å². The van der Waals surface area contributed by atoms with Gasteiger partial charge in [-0.05, 0) is 39.8 Å². The highest BCUT2D eigenvalue weighted by Gasteiger charge is 2.43. The quantitative estimate of drug-likeness (QED) is 0.627. The second kappa shape index (κ2) is 3.42. The van der Waals surface area contributed by atoms with Gasteiger partial charge in [0.15, 0.2) is 5.96 Å². The summed E-state index contributed by atoms with van der Waals surface area (Å²) >= 11 is 0. The minimum atomic E-state index is 0.226. The molecule has 2 rings (SSSR count). The number of nitrogens with two attached hydrogens (primary N) is 1. The fourth-order valence-corrected chi connectivity index (χ4v) is 2.73. The van der Waals surface area contributed by atoms with Gasteiger partial charge in [0.25, 0.3) is 0 Å². The van der Waals surface area contributed by atoms with Crippen molar-refractivity contribution in [3.63, 3.8) is 0 Å². The summed E-state index contributed by atoms with van der Waals surface area (Å²) in [5.74, 6) is 0.738. The molecule has 1 fully saturated rings. The lowest BCUT2D eigenvalue weighted by Crippen LogP contribution is -2.58. The highest BCUT2D eigenvalue weighted by molar-refractivity contribution is 5.81. The van der Waals surface area contributed by atoms with E-state index in [1.54, 1.807) is 0 Å². The molecule has 14 heavy (non-hydrogen) atoms. The van der Waals surface area contributed by atoms with E-state index in [2.05, 4.69) is 29.1 Å². The molecular formula is C10H20N4. The maximum absolute atomic E-state index is 5.94.